The minimum Gasteiger partial charge on any atom is -0.454 e. The van der Waals surface area contributed by atoms with Crippen LogP contribution in [0.5, 0.6) is 11.5 Å². The zero-order valence-corrected chi connectivity index (χ0v) is 15.2. The first kappa shape index (κ1) is 15.3. The van der Waals surface area contributed by atoms with Crippen LogP contribution in [-0.4, -0.2) is 6.79 Å². The van der Waals surface area contributed by atoms with Crippen LogP contribution in [0.1, 0.15) is 5.56 Å². The zero-order chi connectivity index (χ0) is 15.0. The van der Waals surface area contributed by atoms with Crippen LogP contribution in [-0.2, 0) is 6.54 Å². The van der Waals surface area contributed by atoms with Gasteiger partial charge in [-0.2, -0.15) is 0 Å². The summed E-state index contributed by atoms with van der Waals surface area (Å²) in [7, 11) is 0. The summed E-state index contributed by atoms with van der Waals surface area (Å²) in [5.41, 5.74) is 1.82. The fourth-order valence-electron chi connectivity index (χ4n) is 1.98. The molecule has 1 aliphatic rings. The molecule has 0 atom stereocenters. The molecular weight excluding hydrogens is 445 g/mol. The lowest BCUT2D eigenvalue weighted by atomic mass is 10.2. The maximum absolute atomic E-state index is 6.21. The average Bonchev–Trinajstić information content (AvgIpc) is 2.93. The van der Waals surface area contributed by atoms with Gasteiger partial charge in [0, 0.05) is 11.0 Å². The number of ether oxygens (including phenoxy) is 2. The van der Waals surface area contributed by atoms with Crippen LogP contribution in [0.4, 0.5) is 5.69 Å². The van der Waals surface area contributed by atoms with Crippen LogP contribution in [0, 0.1) is 0 Å². The number of anilines is 1. The van der Waals surface area contributed by atoms with Crippen LogP contribution < -0.4 is 14.8 Å². The van der Waals surface area contributed by atoms with Crippen molar-refractivity contribution in [3.05, 3.63) is 48.8 Å². The molecule has 1 N–H and O–H groups in total. The van der Waals surface area contributed by atoms with Gasteiger partial charge in [-0.25, -0.2) is 0 Å². The van der Waals surface area contributed by atoms with E-state index in [4.69, 9.17) is 32.7 Å². The number of rotatable bonds is 3. The van der Waals surface area contributed by atoms with E-state index < -0.39 is 0 Å². The molecule has 1 heterocycles. The molecule has 0 saturated heterocycles. The summed E-state index contributed by atoms with van der Waals surface area (Å²) in [6, 6.07) is 7.65. The smallest absolute Gasteiger partial charge is 0.231 e. The van der Waals surface area contributed by atoms with Gasteiger partial charge in [0.2, 0.25) is 6.79 Å². The summed E-state index contributed by atoms with van der Waals surface area (Å²) in [5, 5.41) is 4.25. The maximum Gasteiger partial charge on any atom is 0.231 e. The van der Waals surface area contributed by atoms with Crippen LogP contribution in [0.15, 0.2) is 33.2 Å². The van der Waals surface area contributed by atoms with E-state index in [2.05, 4.69) is 37.2 Å². The second-order valence-corrected chi connectivity index (χ2v) is 6.85. The van der Waals surface area contributed by atoms with Gasteiger partial charge in [0.25, 0.3) is 0 Å². The monoisotopic (exact) mass is 451 g/mol. The molecule has 0 aliphatic carbocycles. The predicted octanol–water partition coefficient (Wildman–Crippen LogP) is 5.86. The normalized spacial score (nSPS) is 12.6. The average molecular weight is 454 g/mol. The first-order valence-electron chi connectivity index (χ1n) is 6.01. The fourth-order valence-corrected chi connectivity index (χ4v) is 3.43. The van der Waals surface area contributed by atoms with Gasteiger partial charge >= 0.3 is 0 Å². The van der Waals surface area contributed by atoms with Gasteiger partial charge in [-0.3, -0.25) is 0 Å². The molecule has 2 aromatic carbocycles. The molecule has 0 unspecified atom stereocenters. The van der Waals surface area contributed by atoms with E-state index >= 15 is 0 Å². The van der Waals surface area contributed by atoms with Gasteiger partial charge in [0.05, 0.1) is 20.2 Å². The number of fused-ring (bicyclic) bond motifs is 1. The summed E-state index contributed by atoms with van der Waals surface area (Å²) in [6.45, 7) is 0.839. The highest BCUT2D eigenvalue weighted by Crippen LogP contribution is 2.40. The van der Waals surface area contributed by atoms with Crippen molar-refractivity contribution in [3.8, 4) is 11.5 Å². The molecule has 3 rings (SSSR count). The third-order valence-corrected chi connectivity index (χ3v) is 5.37. The largest absolute Gasteiger partial charge is 0.454 e. The van der Waals surface area contributed by atoms with Crippen LogP contribution in [0.3, 0.4) is 0 Å². The molecular formula is C14H9Br2Cl2NO2. The molecule has 110 valence electrons. The predicted molar refractivity (Wildman–Crippen MR) is 91.8 cm³/mol. The van der Waals surface area contributed by atoms with Crippen molar-refractivity contribution in [1.82, 2.24) is 0 Å². The van der Waals surface area contributed by atoms with Gasteiger partial charge in [-0.05, 0) is 61.7 Å². The highest BCUT2D eigenvalue weighted by molar-refractivity contribution is 9.10. The van der Waals surface area contributed by atoms with Crippen molar-refractivity contribution in [1.29, 1.82) is 0 Å². The van der Waals surface area contributed by atoms with Crippen molar-refractivity contribution in [2.45, 2.75) is 6.54 Å². The van der Waals surface area contributed by atoms with E-state index in [0.717, 1.165) is 31.7 Å². The summed E-state index contributed by atoms with van der Waals surface area (Å²) in [4.78, 5) is 0. The zero-order valence-electron chi connectivity index (χ0n) is 10.6. The third-order valence-electron chi connectivity index (χ3n) is 3.01. The Morgan fingerprint density at radius 3 is 2.67 bits per heavy atom. The Labute approximate surface area is 148 Å². The molecule has 7 heteroatoms. The second kappa shape index (κ2) is 6.24. The molecule has 3 nitrogen and oxygen atoms in total. The Kier molecular flexibility index (Phi) is 4.54. The number of halogens is 4. The lowest BCUT2D eigenvalue weighted by Gasteiger charge is -2.11. The molecule has 0 radical (unpaired) electrons. The van der Waals surface area contributed by atoms with Gasteiger partial charge in [-0.1, -0.05) is 23.2 Å². The van der Waals surface area contributed by atoms with Crippen molar-refractivity contribution in [2.24, 2.45) is 0 Å². The quantitative estimate of drug-likeness (QED) is 0.590. The summed E-state index contributed by atoms with van der Waals surface area (Å²) in [5.74, 6) is 1.48. The molecule has 2 aromatic rings. The molecule has 0 amide bonds. The second-order valence-electron chi connectivity index (χ2n) is 4.39. The van der Waals surface area contributed by atoms with E-state index in [1.54, 1.807) is 0 Å². The Balaban J connectivity index is 1.80. The number of nitrogens with one attached hydrogen (secondary N) is 1. The van der Waals surface area contributed by atoms with E-state index in [0.29, 0.717) is 16.6 Å². The minimum absolute atomic E-state index is 0.249. The van der Waals surface area contributed by atoms with E-state index in [1.807, 2.05) is 24.3 Å². The molecule has 0 fully saturated rings. The summed E-state index contributed by atoms with van der Waals surface area (Å²) < 4.78 is 12.4. The molecule has 0 spiro atoms. The Bertz CT molecular complexity index is 710. The first-order valence-corrected chi connectivity index (χ1v) is 8.36. The highest BCUT2D eigenvalue weighted by atomic mass is 79.9. The van der Waals surface area contributed by atoms with Gasteiger partial charge in [-0.15, -0.1) is 0 Å². The Hall–Kier alpha value is -0.620. The topological polar surface area (TPSA) is 30.5 Å². The van der Waals surface area contributed by atoms with E-state index in [-0.39, 0.29) is 6.79 Å². The summed E-state index contributed by atoms with van der Waals surface area (Å²) >= 11 is 19.1. The van der Waals surface area contributed by atoms with Crippen LogP contribution in [0.2, 0.25) is 10.0 Å². The van der Waals surface area contributed by atoms with Crippen LogP contribution >= 0.6 is 55.1 Å². The Morgan fingerprint density at radius 2 is 1.86 bits per heavy atom. The molecule has 21 heavy (non-hydrogen) atoms. The first-order chi connectivity index (χ1) is 10.1. The highest BCUT2D eigenvalue weighted by Gasteiger charge is 2.18. The van der Waals surface area contributed by atoms with Crippen molar-refractivity contribution in [3.63, 3.8) is 0 Å². The van der Waals surface area contributed by atoms with Gasteiger partial charge in [0.1, 0.15) is 0 Å². The fraction of sp³-hybridized carbons (Fsp3) is 0.143. The van der Waals surface area contributed by atoms with Crippen molar-refractivity contribution < 1.29 is 9.47 Å². The Morgan fingerprint density at radius 1 is 1.05 bits per heavy atom. The SMILES string of the molecule is Clc1c(Br)ccc(NCc2cc(Br)c3c(c2)OCO3)c1Cl. The van der Waals surface area contributed by atoms with Crippen molar-refractivity contribution in [2.75, 3.05) is 12.1 Å². The standard InChI is InChI=1S/C14H9Br2Cl2NO2/c15-8-1-2-10(13(18)12(8)17)19-5-7-3-9(16)14-11(4-7)20-6-21-14/h1-4,19H,5-6H2. The van der Waals surface area contributed by atoms with Crippen LogP contribution in [0.25, 0.3) is 0 Å². The summed E-state index contributed by atoms with van der Waals surface area (Å²) in [6.07, 6.45) is 0. The molecule has 0 aromatic heterocycles. The maximum atomic E-state index is 6.21. The van der Waals surface area contributed by atoms with E-state index in [9.17, 15) is 0 Å². The van der Waals surface area contributed by atoms with Crippen molar-refractivity contribution >= 4 is 60.7 Å². The van der Waals surface area contributed by atoms with Gasteiger partial charge in [0.15, 0.2) is 11.5 Å². The number of hydrogen-bond donors (Lipinski definition) is 1. The van der Waals surface area contributed by atoms with E-state index in [1.165, 1.54) is 0 Å². The number of benzene rings is 2. The van der Waals surface area contributed by atoms with Gasteiger partial charge < -0.3 is 14.8 Å². The molecule has 1 aliphatic heterocycles. The minimum atomic E-state index is 0.249. The lowest BCUT2D eigenvalue weighted by molar-refractivity contribution is 0.173. The number of hydrogen-bond acceptors (Lipinski definition) is 3. The third kappa shape index (κ3) is 3.11. The lowest BCUT2D eigenvalue weighted by Crippen LogP contribution is -2.00. The molecule has 0 saturated carbocycles. The molecule has 0 bridgehead atoms.